The molecule has 102 valence electrons. The van der Waals surface area contributed by atoms with E-state index in [0.29, 0.717) is 0 Å². The molecule has 0 aliphatic heterocycles. The molecule has 5 heteroatoms. The Morgan fingerprint density at radius 1 is 1.22 bits per heavy atom. The molecular weight excluding hydrogens is 228 g/mol. The lowest BCUT2D eigenvalue weighted by atomic mass is 10.3. The molecule has 1 rings (SSSR count). The van der Waals surface area contributed by atoms with Crippen molar-refractivity contribution >= 4 is 11.6 Å². The smallest absolute Gasteiger partial charge is 0.133 e. The third kappa shape index (κ3) is 5.31. The van der Waals surface area contributed by atoms with E-state index in [2.05, 4.69) is 27.5 Å². The van der Waals surface area contributed by atoms with E-state index in [-0.39, 0.29) is 0 Å². The topological polar surface area (TPSA) is 59.1 Å². The van der Waals surface area contributed by atoms with Crippen molar-refractivity contribution in [2.24, 2.45) is 0 Å². The Labute approximate surface area is 109 Å². The predicted octanol–water partition coefficient (Wildman–Crippen LogP) is 2.31. The van der Waals surface area contributed by atoms with Crippen LogP contribution in [0.3, 0.4) is 0 Å². The van der Waals surface area contributed by atoms with Gasteiger partial charge in [0.2, 0.25) is 0 Å². The van der Waals surface area contributed by atoms with Crippen LogP contribution in [0.5, 0.6) is 0 Å². The van der Waals surface area contributed by atoms with Gasteiger partial charge in [0.05, 0.1) is 0 Å². The lowest BCUT2D eigenvalue weighted by Gasteiger charge is -2.09. The van der Waals surface area contributed by atoms with Gasteiger partial charge in [-0.2, -0.15) is 0 Å². The lowest BCUT2D eigenvalue weighted by molar-refractivity contribution is 0.147. The molecule has 0 saturated carbocycles. The zero-order valence-corrected chi connectivity index (χ0v) is 11.6. The minimum absolute atomic E-state index is 0.776. The minimum atomic E-state index is 0.776. The first kappa shape index (κ1) is 14.7. The molecule has 1 aromatic rings. The summed E-state index contributed by atoms with van der Waals surface area (Å²) in [4.78, 5) is 8.90. The Bertz CT molecular complexity index is 344. The second kappa shape index (κ2) is 8.69. The van der Waals surface area contributed by atoms with Crippen LogP contribution in [-0.4, -0.2) is 36.8 Å². The molecule has 0 saturated heterocycles. The molecule has 0 radical (unpaired) electrons. The first-order valence-electron chi connectivity index (χ1n) is 6.67. The highest BCUT2D eigenvalue weighted by molar-refractivity contribution is 5.47. The van der Waals surface area contributed by atoms with Gasteiger partial charge in [-0.25, -0.2) is 9.97 Å². The lowest BCUT2D eigenvalue weighted by Crippen LogP contribution is -2.09. The minimum Gasteiger partial charge on any atom is -0.382 e. The van der Waals surface area contributed by atoms with Gasteiger partial charge in [0.1, 0.15) is 17.5 Å². The van der Waals surface area contributed by atoms with Crippen LogP contribution in [0.25, 0.3) is 0 Å². The fourth-order valence-corrected chi connectivity index (χ4v) is 1.59. The van der Waals surface area contributed by atoms with Crippen LogP contribution in [0.1, 0.15) is 32.5 Å². The van der Waals surface area contributed by atoms with Crippen molar-refractivity contribution in [1.29, 1.82) is 0 Å². The summed E-state index contributed by atoms with van der Waals surface area (Å²) >= 11 is 0. The van der Waals surface area contributed by atoms with Gasteiger partial charge in [-0.05, 0) is 19.8 Å². The van der Waals surface area contributed by atoms with Crippen molar-refractivity contribution < 1.29 is 4.74 Å². The van der Waals surface area contributed by atoms with Gasteiger partial charge in [-0.3, -0.25) is 0 Å². The van der Waals surface area contributed by atoms with Crippen LogP contribution in [0, 0.1) is 0 Å². The number of ether oxygens (including phenoxy) is 1. The molecule has 0 unspecified atom stereocenters. The van der Waals surface area contributed by atoms with Crippen molar-refractivity contribution in [3.05, 3.63) is 11.9 Å². The number of rotatable bonds is 9. The molecule has 5 nitrogen and oxygen atoms in total. The standard InChI is InChI=1S/C13H24N4O/c1-4-7-11-16-12(14-3)10-13(17-11)15-8-6-9-18-5-2/h10H,4-9H2,1-3H3,(H2,14,15,16,17). The average molecular weight is 252 g/mol. The van der Waals surface area contributed by atoms with Crippen molar-refractivity contribution in [3.63, 3.8) is 0 Å². The molecule has 0 amide bonds. The van der Waals surface area contributed by atoms with Gasteiger partial charge in [0, 0.05) is 39.3 Å². The van der Waals surface area contributed by atoms with E-state index in [4.69, 9.17) is 4.74 Å². The van der Waals surface area contributed by atoms with Crippen LogP contribution in [0.2, 0.25) is 0 Å². The van der Waals surface area contributed by atoms with E-state index >= 15 is 0 Å². The number of aryl methyl sites for hydroxylation is 1. The monoisotopic (exact) mass is 252 g/mol. The van der Waals surface area contributed by atoms with Gasteiger partial charge < -0.3 is 15.4 Å². The number of anilines is 2. The van der Waals surface area contributed by atoms with Crippen LogP contribution in [0.4, 0.5) is 11.6 Å². The van der Waals surface area contributed by atoms with Gasteiger partial charge in [0.25, 0.3) is 0 Å². The molecule has 0 aromatic carbocycles. The van der Waals surface area contributed by atoms with Crippen molar-refractivity contribution in [1.82, 2.24) is 9.97 Å². The number of nitrogens with one attached hydrogen (secondary N) is 2. The highest BCUT2D eigenvalue weighted by Crippen LogP contribution is 2.11. The number of nitrogens with zero attached hydrogens (tertiary/aromatic N) is 2. The Balaban J connectivity index is 2.50. The number of aromatic nitrogens is 2. The van der Waals surface area contributed by atoms with Crippen LogP contribution >= 0.6 is 0 Å². The third-order valence-corrected chi connectivity index (χ3v) is 2.48. The van der Waals surface area contributed by atoms with Crippen molar-refractivity contribution in [3.8, 4) is 0 Å². The van der Waals surface area contributed by atoms with Crippen LogP contribution in [-0.2, 0) is 11.2 Å². The quantitative estimate of drug-likeness (QED) is 0.660. The molecule has 0 atom stereocenters. The SMILES string of the molecule is CCCc1nc(NC)cc(NCCCOCC)n1. The Kier molecular flexibility index (Phi) is 7.10. The first-order valence-corrected chi connectivity index (χ1v) is 6.67. The Morgan fingerprint density at radius 2 is 2.00 bits per heavy atom. The maximum Gasteiger partial charge on any atom is 0.133 e. The molecule has 0 aliphatic carbocycles. The summed E-state index contributed by atoms with van der Waals surface area (Å²) in [5.41, 5.74) is 0. The average Bonchev–Trinajstić information content (AvgIpc) is 2.38. The summed E-state index contributed by atoms with van der Waals surface area (Å²) < 4.78 is 5.29. The highest BCUT2D eigenvalue weighted by Gasteiger charge is 2.02. The van der Waals surface area contributed by atoms with Crippen molar-refractivity contribution in [2.45, 2.75) is 33.1 Å². The van der Waals surface area contributed by atoms with Gasteiger partial charge >= 0.3 is 0 Å². The zero-order valence-electron chi connectivity index (χ0n) is 11.6. The summed E-state index contributed by atoms with van der Waals surface area (Å²) in [7, 11) is 1.87. The predicted molar refractivity (Wildman–Crippen MR) is 75.2 cm³/mol. The molecular formula is C13H24N4O. The zero-order chi connectivity index (χ0) is 13.2. The third-order valence-electron chi connectivity index (χ3n) is 2.48. The highest BCUT2D eigenvalue weighted by atomic mass is 16.5. The molecule has 1 aromatic heterocycles. The van der Waals surface area contributed by atoms with E-state index in [9.17, 15) is 0 Å². The maximum atomic E-state index is 5.29. The van der Waals surface area contributed by atoms with Gasteiger partial charge in [0.15, 0.2) is 0 Å². The molecule has 0 fully saturated rings. The molecule has 18 heavy (non-hydrogen) atoms. The normalized spacial score (nSPS) is 10.4. The Hall–Kier alpha value is -1.36. The summed E-state index contributed by atoms with van der Waals surface area (Å²) in [6, 6.07) is 1.93. The van der Waals surface area contributed by atoms with E-state index in [1.807, 2.05) is 20.0 Å². The summed E-state index contributed by atoms with van der Waals surface area (Å²) in [5, 5.41) is 6.37. The van der Waals surface area contributed by atoms with E-state index in [0.717, 1.165) is 56.5 Å². The van der Waals surface area contributed by atoms with Gasteiger partial charge in [-0.1, -0.05) is 6.92 Å². The number of hydrogen-bond donors (Lipinski definition) is 2. The largest absolute Gasteiger partial charge is 0.382 e. The van der Waals surface area contributed by atoms with Crippen LogP contribution < -0.4 is 10.6 Å². The first-order chi connectivity index (χ1) is 8.80. The summed E-state index contributed by atoms with van der Waals surface area (Å²) in [6.45, 7) is 6.57. The number of hydrogen-bond acceptors (Lipinski definition) is 5. The maximum absolute atomic E-state index is 5.29. The second-order valence-corrected chi connectivity index (χ2v) is 4.03. The van der Waals surface area contributed by atoms with E-state index < -0.39 is 0 Å². The van der Waals surface area contributed by atoms with Crippen molar-refractivity contribution in [2.75, 3.05) is 37.4 Å². The van der Waals surface area contributed by atoms with Crippen LogP contribution in [0.15, 0.2) is 6.07 Å². The Morgan fingerprint density at radius 3 is 2.67 bits per heavy atom. The van der Waals surface area contributed by atoms with Gasteiger partial charge in [-0.15, -0.1) is 0 Å². The van der Waals surface area contributed by atoms with E-state index in [1.165, 1.54) is 0 Å². The summed E-state index contributed by atoms with van der Waals surface area (Å²) in [5.74, 6) is 2.63. The summed E-state index contributed by atoms with van der Waals surface area (Å²) in [6.07, 6.45) is 2.94. The fraction of sp³-hybridized carbons (Fsp3) is 0.692. The molecule has 2 N–H and O–H groups in total. The second-order valence-electron chi connectivity index (χ2n) is 4.03. The fourth-order valence-electron chi connectivity index (χ4n) is 1.59. The van der Waals surface area contributed by atoms with E-state index in [1.54, 1.807) is 0 Å². The molecule has 0 aliphatic rings. The molecule has 0 spiro atoms. The molecule has 1 heterocycles. The molecule has 0 bridgehead atoms.